The lowest BCUT2D eigenvalue weighted by molar-refractivity contribution is -0.383. The molecule has 0 spiro atoms. The monoisotopic (exact) mass is 212 g/mol. The fourth-order valence-corrected chi connectivity index (χ4v) is 0.993. The minimum Gasteiger partial charge on any atom is -0.378 e. The van der Waals surface area contributed by atoms with Crippen molar-refractivity contribution in [3.05, 3.63) is 10.1 Å². The third-order valence-corrected chi connectivity index (χ3v) is 1.65. The molecule has 0 fully saturated rings. The van der Waals surface area contributed by atoms with Crippen LogP contribution in [0.25, 0.3) is 0 Å². The second-order valence-corrected chi connectivity index (χ2v) is 2.85. The van der Waals surface area contributed by atoms with Crippen molar-refractivity contribution < 1.29 is 4.92 Å². The van der Waals surface area contributed by atoms with Crippen molar-refractivity contribution in [1.82, 2.24) is 9.97 Å². The third kappa shape index (κ3) is 2.42. The van der Waals surface area contributed by atoms with Crippen LogP contribution in [-0.2, 0) is 0 Å². The average molecular weight is 212 g/mol. The fraction of sp³-hybridized carbons (Fsp3) is 0.429. The smallest absolute Gasteiger partial charge is 0.352 e. The molecular weight excluding hydrogens is 200 g/mol. The Hall–Kier alpha value is -2.12. The average Bonchev–Trinajstić information content (AvgIpc) is 2.12. The number of nitrogens with two attached hydrogens (primary N) is 2. The van der Waals surface area contributed by atoms with Gasteiger partial charge in [-0.2, -0.15) is 9.97 Å². The van der Waals surface area contributed by atoms with E-state index in [4.69, 9.17) is 11.5 Å². The van der Waals surface area contributed by atoms with E-state index in [9.17, 15) is 10.1 Å². The molecule has 8 nitrogen and oxygen atoms in total. The maximum absolute atomic E-state index is 10.5. The van der Waals surface area contributed by atoms with E-state index in [0.717, 1.165) is 6.42 Å². The highest BCUT2D eigenvalue weighted by atomic mass is 16.6. The van der Waals surface area contributed by atoms with Gasteiger partial charge in [0.05, 0.1) is 4.92 Å². The Kier molecular flexibility index (Phi) is 3.21. The normalized spacial score (nSPS) is 9.93. The third-order valence-electron chi connectivity index (χ3n) is 1.65. The van der Waals surface area contributed by atoms with Gasteiger partial charge in [-0.3, -0.25) is 10.1 Å². The molecule has 1 rings (SSSR count). The number of nitro groups is 1. The van der Waals surface area contributed by atoms with Gasteiger partial charge < -0.3 is 16.8 Å². The summed E-state index contributed by atoms with van der Waals surface area (Å²) >= 11 is 0. The van der Waals surface area contributed by atoms with Crippen LogP contribution in [0.4, 0.5) is 23.3 Å². The van der Waals surface area contributed by atoms with Crippen molar-refractivity contribution in [2.75, 3.05) is 23.3 Å². The van der Waals surface area contributed by atoms with Crippen molar-refractivity contribution >= 4 is 23.3 Å². The largest absolute Gasteiger partial charge is 0.378 e. The quantitative estimate of drug-likeness (QED) is 0.485. The summed E-state index contributed by atoms with van der Waals surface area (Å²) in [6.45, 7) is 2.61. The molecule has 5 N–H and O–H groups in total. The van der Waals surface area contributed by atoms with Gasteiger partial charge in [0.1, 0.15) is 0 Å². The number of nitrogens with zero attached hydrogens (tertiary/aromatic N) is 3. The van der Waals surface area contributed by atoms with Crippen molar-refractivity contribution in [2.24, 2.45) is 0 Å². The zero-order chi connectivity index (χ0) is 11.4. The van der Waals surface area contributed by atoms with Gasteiger partial charge in [0, 0.05) is 6.54 Å². The molecule has 0 unspecified atom stereocenters. The van der Waals surface area contributed by atoms with E-state index >= 15 is 0 Å². The summed E-state index contributed by atoms with van der Waals surface area (Å²) in [5, 5.41) is 13.4. The first kappa shape index (κ1) is 11.0. The molecule has 82 valence electrons. The SMILES string of the molecule is CCCNc1nc(N)c([N+](=O)[O-])c(N)n1. The van der Waals surface area contributed by atoms with Gasteiger partial charge in [0.15, 0.2) is 0 Å². The molecule has 0 saturated carbocycles. The Bertz CT molecular complexity index is 357. The second-order valence-electron chi connectivity index (χ2n) is 2.85. The molecule has 0 amide bonds. The molecule has 0 atom stereocenters. The van der Waals surface area contributed by atoms with E-state index in [-0.39, 0.29) is 17.6 Å². The van der Waals surface area contributed by atoms with Crippen molar-refractivity contribution in [3.63, 3.8) is 0 Å². The maximum atomic E-state index is 10.5. The lowest BCUT2D eigenvalue weighted by Crippen LogP contribution is -2.10. The summed E-state index contributed by atoms with van der Waals surface area (Å²) in [5.74, 6) is -0.255. The first-order valence-corrected chi connectivity index (χ1v) is 4.37. The topological polar surface area (TPSA) is 133 Å². The molecule has 0 aliphatic rings. The number of nitrogen functional groups attached to an aromatic ring is 2. The van der Waals surface area contributed by atoms with Gasteiger partial charge in [-0.15, -0.1) is 0 Å². The van der Waals surface area contributed by atoms with Gasteiger partial charge in [0.25, 0.3) is 0 Å². The molecule has 0 aliphatic heterocycles. The zero-order valence-corrected chi connectivity index (χ0v) is 8.23. The standard InChI is InChI=1S/C7H12N6O2/c1-2-3-10-7-11-5(8)4(13(14)15)6(9)12-7/h2-3H2,1H3,(H5,8,9,10,11,12). The Labute approximate surface area is 85.8 Å². The molecule has 1 aromatic rings. The number of anilines is 3. The highest BCUT2D eigenvalue weighted by Gasteiger charge is 2.20. The van der Waals surface area contributed by atoms with Crippen LogP contribution in [0.2, 0.25) is 0 Å². The lowest BCUT2D eigenvalue weighted by Gasteiger charge is -2.05. The Balaban J connectivity index is 3.03. The molecule has 15 heavy (non-hydrogen) atoms. The van der Waals surface area contributed by atoms with Crippen molar-refractivity contribution in [3.8, 4) is 0 Å². The summed E-state index contributed by atoms with van der Waals surface area (Å²) in [6.07, 6.45) is 0.875. The Morgan fingerprint density at radius 3 is 2.33 bits per heavy atom. The molecule has 0 aliphatic carbocycles. The predicted octanol–water partition coefficient (Wildman–Crippen LogP) is 0.371. The van der Waals surface area contributed by atoms with E-state index in [1.54, 1.807) is 0 Å². The van der Waals surface area contributed by atoms with Crippen LogP contribution in [0.5, 0.6) is 0 Å². The van der Waals surface area contributed by atoms with Gasteiger partial charge >= 0.3 is 5.69 Å². The number of hydrogen-bond acceptors (Lipinski definition) is 7. The van der Waals surface area contributed by atoms with E-state index in [1.165, 1.54) is 0 Å². The number of aromatic nitrogens is 2. The molecular formula is C7H12N6O2. The number of hydrogen-bond donors (Lipinski definition) is 3. The molecule has 8 heteroatoms. The highest BCUT2D eigenvalue weighted by Crippen LogP contribution is 2.25. The van der Waals surface area contributed by atoms with E-state index in [2.05, 4.69) is 15.3 Å². The first-order chi connectivity index (χ1) is 7.06. The van der Waals surface area contributed by atoms with Crippen LogP contribution in [-0.4, -0.2) is 21.4 Å². The first-order valence-electron chi connectivity index (χ1n) is 4.37. The van der Waals surface area contributed by atoms with E-state index in [0.29, 0.717) is 6.54 Å². The summed E-state index contributed by atoms with van der Waals surface area (Å²) in [7, 11) is 0. The van der Waals surface area contributed by atoms with Crippen molar-refractivity contribution in [2.45, 2.75) is 13.3 Å². The number of rotatable bonds is 4. The molecule has 0 aromatic carbocycles. The molecule has 0 bridgehead atoms. The van der Waals surface area contributed by atoms with Crippen LogP contribution < -0.4 is 16.8 Å². The molecule has 0 radical (unpaired) electrons. The van der Waals surface area contributed by atoms with Crippen molar-refractivity contribution in [1.29, 1.82) is 0 Å². The molecule has 1 heterocycles. The van der Waals surface area contributed by atoms with Crippen LogP contribution in [0.3, 0.4) is 0 Å². The minimum atomic E-state index is -0.700. The summed E-state index contributed by atoms with van der Waals surface area (Å²) in [4.78, 5) is 17.3. The second kappa shape index (κ2) is 4.40. The van der Waals surface area contributed by atoms with Crippen LogP contribution >= 0.6 is 0 Å². The summed E-state index contributed by atoms with van der Waals surface area (Å²) < 4.78 is 0. The fourth-order valence-electron chi connectivity index (χ4n) is 0.993. The summed E-state index contributed by atoms with van der Waals surface area (Å²) in [6, 6.07) is 0. The maximum Gasteiger partial charge on any atom is 0.352 e. The van der Waals surface area contributed by atoms with E-state index < -0.39 is 10.6 Å². The molecule has 1 aromatic heterocycles. The Morgan fingerprint density at radius 2 is 1.93 bits per heavy atom. The van der Waals surface area contributed by atoms with E-state index in [1.807, 2.05) is 6.92 Å². The van der Waals surface area contributed by atoms with Gasteiger partial charge in [-0.05, 0) is 6.42 Å². The van der Waals surface area contributed by atoms with Crippen LogP contribution in [0.15, 0.2) is 0 Å². The lowest BCUT2D eigenvalue weighted by atomic mass is 10.4. The van der Waals surface area contributed by atoms with Gasteiger partial charge in [0.2, 0.25) is 17.6 Å². The molecule has 0 saturated heterocycles. The van der Waals surface area contributed by atoms with Gasteiger partial charge in [-0.1, -0.05) is 6.92 Å². The van der Waals surface area contributed by atoms with Gasteiger partial charge in [-0.25, -0.2) is 0 Å². The minimum absolute atomic E-state index is 0.206. The zero-order valence-electron chi connectivity index (χ0n) is 8.23. The predicted molar refractivity (Wildman–Crippen MR) is 56.3 cm³/mol. The Morgan fingerprint density at radius 1 is 1.40 bits per heavy atom. The van der Waals surface area contributed by atoms with Crippen LogP contribution in [0, 0.1) is 10.1 Å². The van der Waals surface area contributed by atoms with Crippen LogP contribution in [0.1, 0.15) is 13.3 Å². The number of nitrogens with one attached hydrogen (secondary N) is 1. The highest BCUT2D eigenvalue weighted by molar-refractivity contribution is 5.67. The summed E-state index contributed by atoms with van der Waals surface area (Å²) in [5.41, 5.74) is 10.3.